The van der Waals surface area contributed by atoms with Gasteiger partial charge in [-0.2, -0.15) is 0 Å². The van der Waals surface area contributed by atoms with Crippen LogP contribution in [0, 0.1) is 13.8 Å². The van der Waals surface area contributed by atoms with E-state index in [1.165, 1.54) is 22.3 Å². The first-order valence-electron chi connectivity index (χ1n) is 10.3. The average Bonchev–Trinajstić information content (AvgIpc) is 3.12. The van der Waals surface area contributed by atoms with Crippen molar-refractivity contribution in [2.24, 2.45) is 0 Å². The van der Waals surface area contributed by atoms with Gasteiger partial charge in [-0.3, -0.25) is 4.79 Å². The lowest BCUT2D eigenvalue weighted by molar-refractivity contribution is 0.0963. The summed E-state index contributed by atoms with van der Waals surface area (Å²) in [5, 5.41) is 2.69. The van der Waals surface area contributed by atoms with Crippen LogP contribution in [0.1, 0.15) is 41.4 Å². The Morgan fingerprint density at radius 1 is 0.933 bits per heavy atom. The van der Waals surface area contributed by atoms with Gasteiger partial charge in [-0.1, -0.05) is 48.0 Å². The number of carbonyl (C=O) groups is 1. The van der Waals surface area contributed by atoms with E-state index in [9.17, 15) is 4.79 Å². The first kappa shape index (κ1) is 19.9. The number of hydrogen-bond donors (Lipinski definition) is 1. The summed E-state index contributed by atoms with van der Waals surface area (Å²) in [7, 11) is 1.64. The Morgan fingerprint density at radius 2 is 1.67 bits per heavy atom. The van der Waals surface area contributed by atoms with Crippen molar-refractivity contribution in [1.29, 1.82) is 0 Å². The van der Waals surface area contributed by atoms with Crippen LogP contribution in [0.4, 0.5) is 0 Å². The van der Waals surface area contributed by atoms with Gasteiger partial charge in [-0.25, -0.2) is 4.98 Å². The molecule has 30 heavy (non-hydrogen) atoms. The van der Waals surface area contributed by atoms with Crippen LogP contribution in [0.3, 0.4) is 0 Å². The molecule has 0 aliphatic rings. The molecule has 4 aromatic rings. The zero-order valence-corrected chi connectivity index (χ0v) is 18.2. The summed E-state index contributed by atoms with van der Waals surface area (Å²) in [6.45, 7) is 8.60. The lowest BCUT2D eigenvalue weighted by atomic mass is 9.94. The van der Waals surface area contributed by atoms with Crippen molar-refractivity contribution in [1.82, 2.24) is 14.9 Å². The Bertz CT molecular complexity index is 1250. The van der Waals surface area contributed by atoms with Crippen molar-refractivity contribution in [2.45, 2.75) is 33.7 Å². The Hall–Kier alpha value is -3.40. The number of carbonyl (C=O) groups excluding carboxylic acids is 1. The molecule has 0 fully saturated rings. The molecule has 4 heteroatoms. The highest BCUT2D eigenvalue weighted by Crippen LogP contribution is 2.36. The summed E-state index contributed by atoms with van der Waals surface area (Å²) in [5.41, 5.74) is 8.45. The van der Waals surface area contributed by atoms with E-state index in [0.717, 1.165) is 22.4 Å². The molecule has 0 saturated heterocycles. The number of rotatable bonds is 4. The summed E-state index contributed by atoms with van der Waals surface area (Å²) < 4.78 is 2.26. The van der Waals surface area contributed by atoms with E-state index < -0.39 is 0 Å². The van der Waals surface area contributed by atoms with Crippen LogP contribution < -0.4 is 5.32 Å². The molecule has 0 radical (unpaired) electrons. The Kier molecular flexibility index (Phi) is 5.17. The van der Waals surface area contributed by atoms with Crippen LogP contribution in [0.5, 0.6) is 0 Å². The van der Waals surface area contributed by atoms with Gasteiger partial charge in [-0.05, 0) is 62.6 Å². The van der Waals surface area contributed by atoms with Crippen LogP contribution >= 0.6 is 0 Å². The van der Waals surface area contributed by atoms with E-state index >= 15 is 0 Å². The summed E-state index contributed by atoms with van der Waals surface area (Å²) in [4.78, 5) is 17.1. The highest BCUT2D eigenvalue weighted by molar-refractivity contribution is 5.98. The monoisotopic (exact) mass is 397 g/mol. The molecule has 1 heterocycles. The minimum Gasteiger partial charge on any atom is -0.355 e. The Morgan fingerprint density at radius 3 is 2.33 bits per heavy atom. The molecule has 0 aliphatic heterocycles. The number of fused-ring (bicyclic) bond motifs is 1. The minimum atomic E-state index is -0.103. The maximum atomic E-state index is 12.1. The molecular weight excluding hydrogens is 370 g/mol. The molecule has 0 atom stereocenters. The van der Waals surface area contributed by atoms with Crippen molar-refractivity contribution < 1.29 is 4.79 Å². The SMILES string of the molecule is CNC(=O)c1ccc2c(c1)nc(-c1ccccc1-c1ccc(C)cc1C)n2C(C)C. The van der Waals surface area contributed by atoms with Crippen LogP contribution in [0.2, 0.25) is 0 Å². The zero-order chi connectivity index (χ0) is 21.4. The normalized spacial score (nSPS) is 11.3. The van der Waals surface area contributed by atoms with E-state index in [1.54, 1.807) is 7.05 Å². The molecule has 1 N–H and O–H groups in total. The highest BCUT2D eigenvalue weighted by atomic mass is 16.1. The van der Waals surface area contributed by atoms with Crippen molar-refractivity contribution >= 4 is 16.9 Å². The first-order valence-corrected chi connectivity index (χ1v) is 10.3. The maximum absolute atomic E-state index is 12.1. The first-order chi connectivity index (χ1) is 14.4. The number of imidazole rings is 1. The highest BCUT2D eigenvalue weighted by Gasteiger charge is 2.19. The van der Waals surface area contributed by atoms with E-state index in [4.69, 9.17) is 4.98 Å². The minimum absolute atomic E-state index is 0.103. The predicted octanol–water partition coefficient (Wildman–Crippen LogP) is 5.93. The van der Waals surface area contributed by atoms with E-state index in [-0.39, 0.29) is 11.9 Å². The number of aryl methyl sites for hydroxylation is 2. The second-order valence-corrected chi connectivity index (χ2v) is 8.05. The summed E-state index contributed by atoms with van der Waals surface area (Å²) in [5.74, 6) is 0.817. The van der Waals surface area contributed by atoms with E-state index in [0.29, 0.717) is 5.56 Å². The number of benzene rings is 3. The quantitative estimate of drug-likeness (QED) is 0.464. The third-order valence-corrected chi connectivity index (χ3v) is 5.54. The van der Waals surface area contributed by atoms with E-state index in [2.05, 4.69) is 80.0 Å². The molecule has 0 bridgehead atoms. The van der Waals surface area contributed by atoms with Crippen molar-refractivity contribution in [3.63, 3.8) is 0 Å². The number of nitrogens with zero attached hydrogens (tertiary/aromatic N) is 2. The Balaban J connectivity index is 1.98. The largest absolute Gasteiger partial charge is 0.355 e. The van der Waals surface area contributed by atoms with Crippen LogP contribution in [-0.2, 0) is 0 Å². The summed E-state index contributed by atoms with van der Waals surface area (Å²) in [6.07, 6.45) is 0. The molecule has 0 saturated carbocycles. The summed E-state index contributed by atoms with van der Waals surface area (Å²) in [6, 6.07) is 20.9. The van der Waals surface area contributed by atoms with Gasteiger partial charge in [0.25, 0.3) is 5.91 Å². The maximum Gasteiger partial charge on any atom is 0.251 e. The molecule has 0 unspecified atom stereocenters. The average molecular weight is 398 g/mol. The van der Waals surface area contributed by atoms with Crippen LogP contribution in [0.25, 0.3) is 33.5 Å². The topological polar surface area (TPSA) is 46.9 Å². The van der Waals surface area contributed by atoms with E-state index in [1.807, 2.05) is 18.2 Å². The molecular formula is C26H27N3O. The Labute approximate surface area is 177 Å². The standard InChI is InChI=1S/C26H27N3O/c1-16(2)29-24-13-11-19(26(30)27-5)15-23(24)28-25(29)22-9-7-6-8-21(22)20-12-10-17(3)14-18(20)4/h6-16H,1-5H3,(H,27,30). The fraction of sp³-hybridized carbons (Fsp3) is 0.231. The number of aromatic nitrogens is 2. The fourth-order valence-corrected chi connectivity index (χ4v) is 4.13. The van der Waals surface area contributed by atoms with Gasteiger partial charge >= 0.3 is 0 Å². The van der Waals surface area contributed by atoms with Gasteiger partial charge in [0.1, 0.15) is 5.82 Å². The molecule has 0 aliphatic carbocycles. The second-order valence-electron chi connectivity index (χ2n) is 8.05. The van der Waals surface area contributed by atoms with Crippen molar-refractivity contribution in [3.05, 3.63) is 77.4 Å². The van der Waals surface area contributed by atoms with Gasteiger partial charge in [0.05, 0.1) is 11.0 Å². The van der Waals surface area contributed by atoms with Gasteiger partial charge < -0.3 is 9.88 Å². The van der Waals surface area contributed by atoms with Gasteiger partial charge in [-0.15, -0.1) is 0 Å². The van der Waals surface area contributed by atoms with Gasteiger partial charge in [0.2, 0.25) is 0 Å². The molecule has 152 valence electrons. The van der Waals surface area contributed by atoms with Crippen LogP contribution in [0.15, 0.2) is 60.7 Å². The molecule has 1 amide bonds. The van der Waals surface area contributed by atoms with Crippen molar-refractivity contribution in [2.75, 3.05) is 7.05 Å². The smallest absolute Gasteiger partial charge is 0.251 e. The molecule has 3 aromatic carbocycles. The molecule has 4 rings (SSSR count). The van der Waals surface area contributed by atoms with Gasteiger partial charge in [0.15, 0.2) is 0 Å². The number of hydrogen-bond acceptors (Lipinski definition) is 2. The van der Waals surface area contributed by atoms with Crippen LogP contribution in [-0.4, -0.2) is 22.5 Å². The molecule has 1 aromatic heterocycles. The zero-order valence-electron chi connectivity index (χ0n) is 18.2. The lowest BCUT2D eigenvalue weighted by Crippen LogP contribution is -2.17. The predicted molar refractivity (Wildman–Crippen MR) is 124 cm³/mol. The van der Waals surface area contributed by atoms with Crippen molar-refractivity contribution in [3.8, 4) is 22.5 Å². The second kappa shape index (κ2) is 7.79. The number of nitrogens with one attached hydrogen (secondary N) is 1. The van der Waals surface area contributed by atoms with Gasteiger partial charge in [0, 0.05) is 24.2 Å². The third-order valence-electron chi connectivity index (χ3n) is 5.54. The third kappa shape index (κ3) is 3.39. The lowest BCUT2D eigenvalue weighted by Gasteiger charge is -2.17. The summed E-state index contributed by atoms with van der Waals surface area (Å²) >= 11 is 0. The molecule has 4 nitrogen and oxygen atoms in total. The number of amides is 1. The molecule has 0 spiro atoms. The fourth-order valence-electron chi connectivity index (χ4n) is 4.13.